The maximum absolute atomic E-state index is 12.0. The largest absolute Gasteiger partial charge is 0.426 e. The van der Waals surface area contributed by atoms with Crippen molar-refractivity contribution in [3.8, 4) is 0 Å². The molecule has 0 aromatic carbocycles. The van der Waals surface area contributed by atoms with Gasteiger partial charge in [-0.1, -0.05) is 0 Å². The second-order valence-electron chi connectivity index (χ2n) is 2.27. The maximum atomic E-state index is 12.0. The topological polar surface area (TPSA) is 47.9 Å². The van der Waals surface area contributed by atoms with Crippen LogP contribution in [-0.2, 0) is 0 Å². The van der Waals surface area contributed by atoms with Crippen LogP contribution in [0.1, 0.15) is 0 Å². The fourth-order valence-electron chi connectivity index (χ4n) is 0.582. The molecule has 16 heavy (non-hydrogen) atoms. The Morgan fingerprint density at radius 2 is 1.38 bits per heavy atom. The van der Waals surface area contributed by atoms with E-state index in [0.717, 1.165) is 0 Å². The van der Waals surface area contributed by atoms with E-state index in [1.165, 1.54) is 0 Å². The number of aromatic nitrogens is 3. The third kappa shape index (κ3) is 4.01. The molecule has 1 aromatic rings. The molecule has 0 unspecified atom stereocenters. The van der Waals surface area contributed by atoms with Gasteiger partial charge >= 0.3 is 37.5 Å². The maximum Gasteiger partial charge on any atom is 0.426 e. The van der Waals surface area contributed by atoms with Crippen molar-refractivity contribution in [2.75, 3.05) is 0 Å². The average molecular weight is 302 g/mol. The Hall–Kier alpha value is -0.160. The Balaban J connectivity index is 2.89. The lowest BCUT2D eigenvalue weighted by Crippen LogP contribution is -2.46. The Bertz CT molecular complexity index is 328. The highest BCUT2D eigenvalue weighted by atomic mass is 31.2. The van der Waals surface area contributed by atoms with E-state index < -0.39 is 26.5 Å². The summed E-state index contributed by atoms with van der Waals surface area (Å²) in [4.78, 5) is 0. The molecule has 0 N–H and O–H groups in total. The van der Waals surface area contributed by atoms with Gasteiger partial charge in [-0.15, -0.1) is 0 Å². The first-order valence-electron chi connectivity index (χ1n) is 3.33. The van der Waals surface area contributed by atoms with Crippen LogP contribution in [0.25, 0.3) is 0 Å². The molecule has 90 valence electrons. The van der Waals surface area contributed by atoms with Gasteiger partial charge in [0.25, 0.3) is 6.10 Å². The van der Waals surface area contributed by atoms with Crippen molar-refractivity contribution in [1.82, 2.24) is 13.5 Å². The Kier molecular flexibility index (Phi) is 4.35. The molecule has 0 fully saturated rings. The van der Waals surface area contributed by atoms with Crippen molar-refractivity contribution in [1.29, 1.82) is 0 Å². The molecule has 0 atom stereocenters. The summed E-state index contributed by atoms with van der Waals surface area (Å²) in [5, 5.41) is 0. The minimum atomic E-state index is -5.53. The standard InChI is InChI=1S/C3HF6N3OP3/c4-2(5,6)1(3(7,8)9)13-16-11-14-10-15-12-16/h1H/q+1. The summed E-state index contributed by atoms with van der Waals surface area (Å²) in [5.41, 5.74) is 0. The van der Waals surface area contributed by atoms with Gasteiger partial charge in [-0.05, 0) is 13.5 Å². The third-order valence-corrected chi connectivity index (χ3v) is 4.01. The normalized spacial score (nSPS) is 15.3. The molecule has 0 amide bonds. The Morgan fingerprint density at radius 1 is 0.938 bits per heavy atom. The number of hydrogen-bond donors (Lipinski definition) is 0. The van der Waals surface area contributed by atoms with Gasteiger partial charge in [-0.2, -0.15) is 26.3 Å². The van der Waals surface area contributed by atoms with Crippen LogP contribution >= 0.6 is 25.1 Å². The molecule has 0 saturated carbocycles. The van der Waals surface area contributed by atoms with Crippen LogP contribution in [0.5, 0.6) is 0 Å². The lowest BCUT2D eigenvalue weighted by Gasteiger charge is -2.19. The molecule has 0 aliphatic carbocycles. The SMILES string of the molecule is FC(F)(F)C(O[p+]1npnpn1)C(F)(F)F. The van der Waals surface area contributed by atoms with Crippen LogP contribution in [0, 0.1) is 0 Å². The van der Waals surface area contributed by atoms with Crippen molar-refractivity contribution in [2.24, 2.45) is 0 Å². The zero-order valence-electron chi connectivity index (χ0n) is 6.94. The molecule has 0 spiro atoms. The lowest BCUT2D eigenvalue weighted by atomic mass is 10.3. The lowest BCUT2D eigenvalue weighted by molar-refractivity contribution is -0.290. The molecule has 0 radical (unpaired) electrons. The van der Waals surface area contributed by atoms with Gasteiger partial charge in [0, 0.05) is 0 Å². The highest BCUT2D eigenvalue weighted by Crippen LogP contribution is 2.37. The average Bonchev–Trinajstić information content (AvgIpc) is 2.12. The van der Waals surface area contributed by atoms with Crippen molar-refractivity contribution in [2.45, 2.75) is 18.5 Å². The summed E-state index contributed by atoms with van der Waals surface area (Å²) in [7, 11) is -2.41. The first kappa shape index (κ1) is 13.9. The molecule has 1 aromatic heterocycles. The summed E-state index contributed by atoms with van der Waals surface area (Å²) < 4.78 is 86.0. The van der Waals surface area contributed by atoms with Gasteiger partial charge in [-0.3, -0.25) is 0 Å². The van der Waals surface area contributed by atoms with Gasteiger partial charge in [0.15, 0.2) is 0 Å². The second-order valence-corrected chi connectivity index (χ2v) is 5.49. The van der Waals surface area contributed by atoms with Crippen molar-refractivity contribution < 1.29 is 30.9 Å². The van der Waals surface area contributed by atoms with Crippen LogP contribution < -0.4 is 4.52 Å². The first-order chi connectivity index (χ1) is 7.21. The molecule has 0 aliphatic rings. The number of nitrogens with zero attached hydrogens (tertiary/aromatic N) is 3. The van der Waals surface area contributed by atoms with Crippen molar-refractivity contribution >= 4 is 25.1 Å². The molecule has 0 bridgehead atoms. The third-order valence-electron chi connectivity index (χ3n) is 1.11. The van der Waals surface area contributed by atoms with Gasteiger partial charge in [0.2, 0.25) is 0 Å². The molecular formula is C3HF6N3OP3+. The van der Waals surface area contributed by atoms with Crippen molar-refractivity contribution in [3.05, 3.63) is 0 Å². The van der Waals surface area contributed by atoms with E-state index in [2.05, 4.69) is 18.1 Å². The molecular weight excluding hydrogens is 301 g/mol. The Labute approximate surface area is 88.8 Å². The molecule has 0 saturated heterocycles. The summed E-state index contributed by atoms with van der Waals surface area (Å²) in [6.45, 7) is 0. The van der Waals surface area contributed by atoms with Crippen LogP contribution in [0.4, 0.5) is 26.3 Å². The van der Waals surface area contributed by atoms with E-state index in [1.54, 1.807) is 0 Å². The predicted molar refractivity (Wildman–Crippen MR) is 44.4 cm³/mol. The van der Waals surface area contributed by atoms with Crippen LogP contribution in [0.2, 0.25) is 0 Å². The minimum Gasteiger partial charge on any atom is -0.220 e. The summed E-state index contributed by atoms with van der Waals surface area (Å²) in [6.07, 6.45) is -14.9. The summed E-state index contributed by atoms with van der Waals surface area (Å²) in [5.74, 6) is 0. The highest BCUT2D eigenvalue weighted by Gasteiger charge is 2.60. The molecule has 0 aliphatic heterocycles. The minimum absolute atomic E-state index is 0.0203. The number of halogens is 6. The van der Waals surface area contributed by atoms with E-state index in [9.17, 15) is 26.3 Å². The fourth-order valence-corrected chi connectivity index (χ4v) is 3.43. The number of hydrogen-bond acceptors (Lipinski definition) is 4. The van der Waals surface area contributed by atoms with Crippen molar-refractivity contribution in [3.63, 3.8) is 0 Å². The smallest absolute Gasteiger partial charge is 0.220 e. The monoisotopic (exact) mass is 302 g/mol. The van der Waals surface area contributed by atoms with Gasteiger partial charge in [0.05, 0.1) is 0 Å². The Morgan fingerprint density at radius 3 is 1.75 bits per heavy atom. The molecule has 1 rings (SSSR count). The summed E-state index contributed by atoms with van der Waals surface area (Å²) >= 11 is 0. The molecule has 4 nitrogen and oxygen atoms in total. The number of alkyl halides is 6. The zero-order chi connectivity index (χ0) is 12.4. The van der Waals surface area contributed by atoms with Crippen LogP contribution in [0.15, 0.2) is 0 Å². The quantitative estimate of drug-likeness (QED) is 0.787. The van der Waals surface area contributed by atoms with Crippen LogP contribution in [0.3, 0.4) is 0 Å². The van der Waals surface area contributed by atoms with E-state index >= 15 is 0 Å². The van der Waals surface area contributed by atoms with Gasteiger partial charge < -0.3 is 0 Å². The fraction of sp³-hybridized carbons (Fsp3) is 1.00. The molecule has 1 heterocycles. The first-order valence-corrected chi connectivity index (χ1v) is 6.09. The van der Waals surface area contributed by atoms with E-state index in [-0.39, 0.29) is 17.0 Å². The molecule has 13 heteroatoms. The van der Waals surface area contributed by atoms with Gasteiger partial charge in [-0.25, -0.2) is 4.52 Å². The number of rotatable bonds is 2. The highest BCUT2D eigenvalue weighted by molar-refractivity contribution is 7.50. The zero-order valence-corrected chi connectivity index (χ0v) is 9.62. The van der Waals surface area contributed by atoms with E-state index in [1.807, 2.05) is 0 Å². The predicted octanol–water partition coefficient (Wildman–Crippen LogP) is 3.22. The second kappa shape index (κ2) is 5.00. The van der Waals surface area contributed by atoms with Crippen LogP contribution in [-0.4, -0.2) is 32.0 Å². The van der Waals surface area contributed by atoms with E-state index in [0.29, 0.717) is 0 Å². The summed E-state index contributed by atoms with van der Waals surface area (Å²) in [6, 6.07) is 0. The van der Waals surface area contributed by atoms with E-state index in [4.69, 9.17) is 0 Å². The van der Waals surface area contributed by atoms with Gasteiger partial charge in [0.1, 0.15) is 0 Å².